The van der Waals surface area contributed by atoms with Gasteiger partial charge in [0, 0.05) is 57.1 Å². The predicted molar refractivity (Wildman–Crippen MR) is 102 cm³/mol. The molecule has 1 aromatic rings. The fraction of sp³-hybridized carbons (Fsp3) is 0.684. The number of aromatic nitrogens is 1. The number of nitrogens with zero attached hydrogens (tertiary/aromatic N) is 3. The van der Waals surface area contributed by atoms with Crippen molar-refractivity contribution in [2.45, 2.75) is 32.7 Å². The highest BCUT2D eigenvalue weighted by atomic mass is 32.2. The minimum atomic E-state index is -3.17. The summed E-state index contributed by atoms with van der Waals surface area (Å²) in [6, 6.07) is 4.00. The van der Waals surface area contributed by atoms with Crippen LogP contribution < -0.4 is 5.32 Å². The topological polar surface area (TPSA) is 82.6 Å². The SMILES string of the molecule is CCS(=O)(=O)N1CCC2(CC1)CN(Cc1cccnc1)C[C@]21CCNC1=O. The number of carbonyl (C=O) groups excluding carboxylic acids is 1. The van der Waals surface area contributed by atoms with Gasteiger partial charge in [-0.2, -0.15) is 0 Å². The van der Waals surface area contributed by atoms with Gasteiger partial charge in [0.2, 0.25) is 15.9 Å². The number of rotatable bonds is 4. The van der Waals surface area contributed by atoms with Crippen LogP contribution in [0.15, 0.2) is 24.5 Å². The van der Waals surface area contributed by atoms with Crippen molar-refractivity contribution in [2.75, 3.05) is 38.5 Å². The number of hydrogen-bond acceptors (Lipinski definition) is 5. The second-order valence-corrected chi connectivity index (χ2v) is 10.4. The van der Waals surface area contributed by atoms with E-state index in [2.05, 4.69) is 21.3 Å². The second kappa shape index (κ2) is 6.83. The molecule has 1 atom stereocenters. The molecule has 148 valence electrons. The van der Waals surface area contributed by atoms with Gasteiger partial charge in [-0.1, -0.05) is 6.07 Å². The first-order valence-electron chi connectivity index (χ1n) is 9.78. The summed E-state index contributed by atoms with van der Waals surface area (Å²) in [6.07, 6.45) is 6.00. The summed E-state index contributed by atoms with van der Waals surface area (Å²) in [4.78, 5) is 19.5. The van der Waals surface area contributed by atoms with Crippen molar-refractivity contribution >= 4 is 15.9 Å². The lowest BCUT2D eigenvalue weighted by Crippen LogP contribution is -2.53. The number of hydrogen-bond donors (Lipinski definition) is 1. The molecule has 7 nitrogen and oxygen atoms in total. The molecule has 0 saturated carbocycles. The maximum absolute atomic E-state index is 12.9. The molecule has 27 heavy (non-hydrogen) atoms. The monoisotopic (exact) mass is 392 g/mol. The molecule has 0 aromatic carbocycles. The van der Waals surface area contributed by atoms with Gasteiger partial charge < -0.3 is 5.32 Å². The Morgan fingerprint density at radius 1 is 1.22 bits per heavy atom. The third kappa shape index (κ3) is 3.07. The summed E-state index contributed by atoms with van der Waals surface area (Å²) in [6.45, 7) is 5.82. The average molecular weight is 393 g/mol. The van der Waals surface area contributed by atoms with E-state index in [1.807, 2.05) is 12.3 Å². The van der Waals surface area contributed by atoms with Crippen LogP contribution in [-0.4, -0.2) is 67.0 Å². The molecule has 3 fully saturated rings. The molecule has 0 aliphatic carbocycles. The molecule has 8 heteroatoms. The number of amides is 1. The van der Waals surface area contributed by atoms with Crippen LogP contribution in [0, 0.1) is 10.8 Å². The summed E-state index contributed by atoms with van der Waals surface area (Å²) in [5.74, 6) is 0.293. The first kappa shape index (κ1) is 18.8. The number of piperidine rings is 1. The van der Waals surface area contributed by atoms with E-state index in [0.29, 0.717) is 13.1 Å². The van der Waals surface area contributed by atoms with Crippen molar-refractivity contribution in [3.63, 3.8) is 0 Å². The van der Waals surface area contributed by atoms with E-state index in [1.54, 1.807) is 17.4 Å². The molecule has 4 rings (SSSR count). The van der Waals surface area contributed by atoms with Crippen LogP contribution in [0.25, 0.3) is 0 Å². The Balaban J connectivity index is 1.58. The van der Waals surface area contributed by atoms with E-state index in [0.717, 1.165) is 51.0 Å². The number of pyridine rings is 1. The van der Waals surface area contributed by atoms with Crippen LogP contribution >= 0.6 is 0 Å². The molecule has 3 saturated heterocycles. The fourth-order valence-corrected chi connectivity index (χ4v) is 6.49. The van der Waals surface area contributed by atoms with Crippen LogP contribution in [0.2, 0.25) is 0 Å². The first-order chi connectivity index (χ1) is 12.9. The molecular weight excluding hydrogens is 364 g/mol. The number of fused-ring (bicyclic) bond motifs is 1. The van der Waals surface area contributed by atoms with E-state index in [9.17, 15) is 13.2 Å². The molecule has 2 spiro atoms. The van der Waals surface area contributed by atoms with Gasteiger partial charge in [-0.25, -0.2) is 12.7 Å². The standard InChI is InChI=1S/C19H28N4O3S/c1-2-27(25,26)23-10-6-18(7-11-23)14-22(13-16-4-3-8-20-12-16)15-19(18)5-9-21-17(19)24/h3-4,8,12H,2,5-7,9-11,13-15H2,1H3,(H,21,24)/t19-/m0/s1. The molecule has 0 bridgehead atoms. The first-order valence-corrected chi connectivity index (χ1v) is 11.4. The Morgan fingerprint density at radius 3 is 2.59 bits per heavy atom. The third-order valence-corrected chi connectivity index (χ3v) is 8.76. The molecule has 0 unspecified atom stereocenters. The van der Waals surface area contributed by atoms with Crippen molar-refractivity contribution in [1.82, 2.24) is 19.5 Å². The molecule has 0 radical (unpaired) electrons. The average Bonchev–Trinajstić information content (AvgIpc) is 3.18. The second-order valence-electron chi connectivity index (χ2n) is 8.17. The summed E-state index contributed by atoms with van der Waals surface area (Å²) in [5, 5.41) is 3.05. The fourth-order valence-electron chi connectivity index (χ4n) is 5.39. The van der Waals surface area contributed by atoms with Gasteiger partial charge in [-0.3, -0.25) is 14.7 Å². The highest BCUT2D eigenvalue weighted by Gasteiger charge is 2.63. The quantitative estimate of drug-likeness (QED) is 0.821. The maximum Gasteiger partial charge on any atom is 0.228 e. The lowest BCUT2D eigenvalue weighted by Gasteiger charge is -2.46. The molecule has 1 aromatic heterocycles. The Kier molecular flexibility index (Phi) is 4.76. The molecule has 4 heterocycles. The maximum atomic E-state index is 12.9. The van der Waals surface area contributed by atoms with Crippen LogP contribution in [0.5, 0.6) is 0 Å². The zero-order valence-electron chi connectivity index (χ0n) is 15.9. The minimum Gasteiger partial charge on any atom is -0.356 e. The zero-order valence-corrected chi connectivity index (χ0v) is 16.7. The van der Waals surface area contributed by atoms with Gasteiger partial charge in [-0.15, -0.1) is 0 Å². The lowest BCUT2D eigenvalue weighted by atomic mass is 9.60. The zero-order chi connectivity index (χ0) is 19.1. The Hall–Kier alpha value is -1.51. The number of sulfonamides is 1. The third-order valence-electron chi connectivity index (χ3n) is 6.87. The molecule has 1 amide bonds. The van der Waals surface area contributed by atoms with E-state index >= 15 is 0 Å². The van der Waals surface area contributed by atoms with Gasteiger partial charge in [0.1, 0.15) is 0 Å². The van der Waals surface area contributed by atoms with Gasteiger partial charge in [0.15, 0.2) is 0 Å². The molecule has 3 aliphatic rings. The smallest absolute Gasteiger partial charge is 0.228 e. The number of carbonyl (C=O) groups is 1. The van der Waals surface area contributed by atoms with Gasteiger partial charge >= 0.3 is 0 Å². The van der Waals surface area contributed by atoms with Crippen LogP contribution in [0.1, 0.15) is 31.7 Å². The van der Waals surface area contributed by atoms with E-state index in [-0.39, 0.29) is 17.1 Å². The summed E-state index contributed by atoms with van der Waals surface area (Å²) >= 11 is 0. The summed E-state index contributed by atoms with van der Waals surface area (Å²) in [7, 11) is -3.17. The van der Waals surface area contributed by atoms with Crippen LogP contribution in [-0.2, 0) is 21.4 Å². The molecule has 1 N–H and O–H groups in total. The van der Waals surface area contributed by atoms with E-state index in [1.165, 1.54) is 0 Å². The van der Waals surface area contributed by atoms with Gasteiger partial charge in [0.05, 0.1) is 11.2 Å². The highest BCUT2D eigenvalue weighted by Crippen LogP contribution is 2.56. The Morgan fingerprint density at radius 2 is 2.00 bits per heavy atom. The van der Waals surface area contributed by atoms with Crippen LogP contribution in [0.4, 0.5) is 0 Å². The lowest BCUT2D eigenvalue weighted by molar-refractivity contribution is -0.133. The predicted octanol–water partition coefficient (Wildman–Crippen LogP) is 0.835. The summed E-state index contributed by atoms with van der Waals surface area (Å²) < 4.78 is 26.2. The minimum absolute atomic E-state index is 0.138. The van der Waals surface area contributed by atoms with Gasteiger partial charge in [0.25, 0.3) is 0 Å². The van der Waals surface area contributed by atoms with Crippen LogP contribution in [0.3, 0.4) is 0 Å². The van der Waals surface area contributed by atoms with E-state index in [4.69, 9.17) is 0 Å². The van der Waals surface area contributed by atoms with Crippen molar-refractivity contribution in [3.8, 4) is 0 Å². The molecule has 3 aliphatic heterocycles. The number of likely N-dealkylation sites (tertiary alicyclic amines) is 1. The molecular formula is C19H28N4O3S. The Labute approximate surface area is 161 Å². The van der Waals surface area contributed by atoms with E-state index < -0.39 is 15.4 Å². The van der Waals surface area contributed by atoms with Crippen molar-refractivity contribution in [2.24, 2.45) is 10.8 Å². The highest BCUT2D eigenvalue weighted by molar-refractivity contribution is 7.89. The Bertz CT molecular complexity index is 806. The number of nitrogens with one attached hydrogen (secondary N) is 1. The summed E-state index contributed by atoms with van der Waals surface area (Å²) in [5.41, 5.74) is 0.612. The largest absolute Gasteiger partial charge is 0.356 e. The van der Waals surface area contributed by atoms with Crippen molar-refractivity contribution in [3.05, 3.63) is 30.1 Å². The van der Waals surface area contributed by atoms with Gasteiger partial charge in [-0.05, 0) is 37.8 Å². The van der Waals surface area contributed by atoms with Crippen molar-refractivity contribution in [1.29, 1.82) is 0 Å². The normalized spacial score (nSPS) is 28.9. The van der Waals surface area contributed by atoms with Crippen molar-refractivity contribution < 1.29 is 13.2 Å².